The molecule has 0 spiro atoms. The highest BCUT2D eigenvalue weighted by Gasteiger charge is 2.07. The van der Waals surface area contributed by atoms with Crippen LogP contribution in [0.15, 0.2) is 36.5 Å². The smallest absolute Gasteiger partial charge is 0.125 e. The van der Waals surface area contributed by atoms with Crippen molar-refractivity contribution in [1.29, 1.82) is 0 Å². The van der Waals surface area contributed by atoms with Gasteiger partial charge in [-0.25, -0.2) is 0 Å². The van der Waals surface area contributed by atoms with E-state index in [1.165, 1.54) is 0 Å². The lowest BCUT2D eigenvalue weighted by atomic mass is 10.0. The first kappa shape index (κ1) is 8.75. The number of rotatable bonds is 1. The van der Waals surface area contributed by atoms with E-state index in [2.05, 4.69) is 11.1 Å². The zero-order valence-electron chi connectivity index (χ0n) is 7.86. The predicted octanol–water partition coefficient (Wildman–Crippen LogP) is 2.56. The van der Waals surface area contributed by atoms with Gasteiger partial charge >= 0.3 is 0 Å². The van der Waals surface area contributed by atoms with Gasteiger partial charge in [-0.3, -0.25) is 4.98 Å². The largest absolute Gasteiger partial charge is 0.507 e. The molecule has 1 radical (unpaired) electrons. The summed E-state index contributed by atoms with van der Waals surface area (Å²) in [7, 11) is 0. The van der Waals surface area contributed by atoms with Crippen LogP contribution in [0.3, 0.4) is 0 Å². The van der Waals surface area contributed by atoms with E-state index < -0.39 is 0 Å². The molecule has 14 heavy (non-hydrogen) atoms. The number of hydrogen-bond acceptors (Lipinski definition) is 2. The standard InChI is InChI=1S/C12H10NO/c1-9-5-4-7-11(14)12(9)10-6-2-3-8-13-10/h2-4,6-8,14H,1H3. The van der Waals surface area contributed by atoms with Gasteiger partial charge in [0.2, 0.25) is 0 Å². The van der Waals surface area contributed by atoms with Crippen molar-refractivity contribution >= 4 is 0 Å². The van der Waals surface area contributed by atoms with Gasteiger partial charge < -0.3 is 5.11 Å². The predicted molar refractivity (Wildman–Crippen MR) is 54.9 cm³/mol. The average Bonchev–Trinajstić information content (AvgIpc) is 2.19. The van der Waals surface area contributed by atoms with Crippen molar-refractivity contribution < 1.29 is 5.11 Å². The van der Waals surface area contributed by atoms with Gasteiger partial charge in [-0.05, 0) is 36.8 Å². The molecule has 2 aromatic rings. The van der Waals surface area contributed by atoms with Crippen molar-refractivity contribution in [3.8, 4) is 17.0 Å². The Bertz CT molecular complexity index is 417. The molecule has 1 aromatic carbocycles. The molecule has 0 amide bonds. The zero-order chi connectivity index (χ0) is 9.97. The molecule has 0 fully saturated rings. The molecule has 0 aliphatic rings. The van der Waals surface area contributed by atoms with Crippen LogP contribution in [-0.2, 0) is 0 Å². The maximum atomic E-state index is 9.68. The zero-order valence-corrected chi connectivity index (χ0v) is 7.86. The molecule has 2 nitrogen and oxygen atoms in total. The Hall–Kier alpha value is -1.83. The second-order valence-electron chi connectivity index (χ2n) is 3.08. The number of benzene rings is 1. The molecule has 0 saturated carbocycles. The molecule has 69 valence electrons. The van der Waals surface area contributed by atoms with Crippen molar-refractivity contribution in [1.82, 2.24) is 4.98 Å². The highest BCUT2D eigenvalue weighted by Crippen LogP contribution is 2.29. The van der Waals surface area contributed by atoms with Crippen LogP contribution < -0.4 is 0 Å². The molecule has 1 heterocycles. The van der Waals surface area contributed by atoms with Crippen LogP contribution in [0.4, 0.5) is 0 Å². The Morgan fingerprint density at radius 1 is 1.29 bits per heavy atom. The van der Waals surface area contributed by atoms with Crippen LogP contribution in [0, 0.1) is 13.0 Å². The van der Waals surface area contributed by atoms with Crippen LogP contribution in [-0.4, -0.2) is 10.1 Å². The summed E-state index contributed by atoms with van der Waals surface area (Å²) in [4.78, 5) is 4.19. The lowest BCUT2D eigenvalue weighted by Crippen LogP contribution is -1.86. The van der Waals surface area contributed by atoms with Gasteiger partial charge in [-0.15, -0.1) is 0 Å². The van der Waals surface area contributed by atoms with Gasteiger partial charge in [0.05, 0.1) is 5.69 Å². The van der Waals surface area contributed by atoms with Crippen LogP contribution in [0.2, 0.25) is 0 Å². The summed E-state index contributed by atoms with van der Waals surface area (Å²) in [6.07, 6.45) is 1.71. The van der Waals surface area contributed by atoms with Crippen molar-refractivity contribution in [3.05, 3.63) is 48.2 Å². The molecular formula is C12H10NO. The molecule has 2 rings (SSSR count). The van der Waals surface area contributed by atoms with E-state index in [1.54, 1.807) is 18.3 Å². The van der Waals surface area contributed by atoms with Gasteiger partial charge in [0.25, 0.3) is 0 Å². The molecule has 0 atom stereocenters. The third-order valence-corrected chi connectivity index (χ3v) is 2.09. The van der Waals surface area contributed by atoms with Crippen LogP contribution in [0.5, 0.6) is 5.75 Å². The number of hydrogen-bond donors (Lipinski definition) is 1. The first-order valence-corrected chi connectivity index (χ1v) is 4.40. The van der Waals surface area contributed by atoms with Gasteiger partial charge in [-0.1, -0.05) is 12.1 Å². The number of aromatic hydroxyl groups is 1. The van der Waals surface area contributed by atoms with Crippen molar-refractivity contribution in [3.63, 3.8) is 0 Å². The maximum absolute atomic E-state index is 9.68. The van der Waals surface area contributed by atoms with Crippen LogP contribution in [0.1, 0.15) is 5.56 Å². The number of aryl methyl sites for hydroxylation is 1. The molecule has 0 saturated heterocycles. The van der Waals surface area contributed by atoms with E-state index in [0.717, 1.165) is 16.8 Å². The minimum atomic E-state index is 0.250. The monoisotopic (exact) mass is 184 g/mol. The van der Waals surface area contributed by atoms with Crippen LogP contribution in [0.25, 0.3) is 11.3 Å². The molecule has 0 bridgehead atoms. The Kier molecular flexibility index (Phi) is 2.19. The molecule has 1 N–H and O–H groups in total. The average molecular weight is 184 g/mol. The minimum Gasteiger partial charge on any atom is -0.507 e. The van der Waals surface area contributed by atoms with E-state index in [-0.39, 0.29) is 5.75 Å². The van der Waals surface area contributed by atoms with Crippen molar-refractivity contribution in [2.24, 2.45) is 0 Å². The number of nitrogens with zero attached hydrogens (tertiary/aromatic N) is 1. The van der Waals surface area contributed by atoms with Gasteiger partial charge in [0.15, 0.2) is 0 Å². The fourth-order valence-electron chi connectivity index (χ4n) is 1.43. The SMILES string of the molecule is Cc1[c]ccc(O)c1-c1ccccn1. The normalized spacial score (nSPS) is 10.1. The highest BCUT2D eigenvalue weighted by atomic mass is 16.3. The lowest BCUT2D eigenvalue weighted by molar-refractivity contribution is 0.476. The van der Waals surface area contributed by atoms with Gasteiger partial charge in [0.1, 0.15) is 5.75 Å². The Morgan fingerprint density at radius 2 is 2.14 bits per heavy atom. The summed E-state index contributed by atoms with van der Waals surface area (Å²) in [6, 6.07) is 12.0. The van der Waals surface area contributed by atoms with E-state index in [0.29, 0.717) is 0 Å². The second-order valence-corrected chi connectivity index (χ2v) is 3.08. The van der Waals surface area contributed by atoms with Gasteiger partial charge in [0, 0.05) is 11.8 Å². The summed E-state index contributed by atoms with van der Waals surface area (Å²) >= 11 is 0. The third-order valence-electron chi connectivity index (χ3n) is 2.09. The second kappa shape index (κ2) is 3.50. The number of aromatic nitrogens is 1. The van der Waals surface area contributed by atoms with E-state index in [1.807, 2.05) is 25.1 Å². The van der Waals surface area contributed by atoms with E-state index in [4.69, 9.17) is 0 Å². The maximum Gasteiger partial charge on any atom is 0.125 e. The summed E-state index contributed by atoms with van der Waals surface area (Å²) < 4.78 is 0. The number of phenols is 1. The number of pyridine rings is 1. The molecule has 2 heteroatoms. The number of phenolic OH excluding ortho intramolecular Hbond substituents is 1. The molecule has 0 aliphatic carbocycles. The molecular weight excluding hydrogens is 174 g/mol. The first-order chi connectivity index (χ1) is 6.79. The Balaban J connectivity index is 2.63. The molecule has 1 aromatic heterocycles. The quantitative estimate of drug-likeness (QED) is 0.738. The van der Waals surface area contributed by atoms with Crippen molar-refractivity contribution in [2.75, 3.05) is 0 Å². The lowest BCUT2D eigenvalue weighted by Gasteiger charge is -2.06. The van der Waals surface area contributed by atoms with E-state index >= 15 is 0 Å². The van der Waals surface area contributed by atoms with Gasteiger partial charge in [-0.2, -0.15) is 0 Å². The topological polar surface area (TPSA) is 33.1 Å². The first-order valence-electron chi connectivity index (χ1n) is 4.40. The summed E-state index contributed by atoms with van der Waals surface area (Å²) in [5, 5.41) is 9.68. The third kappa shape index (κ3) is 1.46. The fraction of sp³-hybridized carbons (Fsp3) is 0.0833. The molecule has 0 unspecified atom stereocenters. The summed E-state index contributed by atoms with van der Waals surface area (Å²) in [6.45, 7) is 1.91. The Labute approximate surface area is 82.9 Å². The van der Waals surface area contributed by atoms with Crippen LogP contribution >= 0.6 is 0 Å². The summed E-state index contributed by atoms with van der Waals surface area (Å²) in [5.41, 5.74) is 2.44. The highest BCUT2D eigenvalue weighted by molar-refractivity contribution is 5.69. The minimum absolute atomic E-state index is 0.250. The van der Waals surface area contributed by atoms with E-state index in [9.17, 15) is 5.11 Å². The summed E-state index contributed by atoms with van der Waals surface area (Å²) in [5.74, 6) is 0.250. The Morgan fingerprint density at radius 3 is 2.79 bits per heavy atom. The molecule has 0 aliphatic heterocycles. The van der Waals surface area contributed by atoms with Crippen molar-refractivity contribution in [2.45, 2.75) is 6.92 Å². The fourth-order valence-corrected chi connectivity index (χ4v) is 1.43.